The molecule has 1 fully saturated rings. The summed E-state index contributed by atoms with van der Waals surface area (Å²) in [6, 6.07) is 9.32. The third-order valence-corrected chi connectivity index (χ3v) is 4.79. The molecule has 0 aromatic heterocycles. The number of nitrogens with one attached hydrogen (secondary N) is 2. The number of hydrogen-bond donors (Lipinski definition) is 2. The summed E-state index contributed by atoms with van der Waals surface area (Å²) in [6.45, 7) is 10.6. The van der Waals surface area contributed by atoms with E-state index in [1.807, 2.05) is 18.2 Å². The van der Waals surface area contributed by atoms with Gasteiger partial charge in [-0.25, -0.2) is 0 Å². The van der Waals surface area contributed by atoms with Crippen molar-refractivity contribution in [1.29, 1.82) is 0 Å². The van der Waals surface area contributed by atoms with Gasteiger partial charge in [-0.2, -0.15) is 0 Å². The second kappa shape index (κ2) is 10.3. The first kappa shape index (κ1) is 19.6. The predicted octanol–water partition coefficient (Wildman–Crippen LogP) is 2.67. The number of ether oxygens (including phenoxy) is 1. The van der Waals surface area contributed by atoms with Crippen LogP contribution in [0.4, 0.5) is 0 Å². The van der Waals surface area contributed by atoms with Crippen molar-refractivity contribution in [2.45, 2.75) is 52.1 Å². The minimum Gasteiger partial charge on any atom is -0.496 e. The number of hydrogen-bond acceptors (Lipinski definition) is 3. The van der Waals surface area contributed by atoms with Crippen molar-refractivity contribution in [2.24, 2.45) is 4.99 Å². The molecule has 2 N–H and O–H groups in total. The van der Waals surface area contributed by atoms with E-state index in [0.29, 0.717) is 12.1 Å². The maximum absolute atomic E-state index is 5.42. The molecule has 1 aliphatic heterocycles. The summed E-state index contributed by atoms with van der Waals surface area (Å²) in [5.41, 5.74) is 1.20. The van der Waals surface area contributed by atoms with Crippen LogP contribution in [-0.4, -0.2) is 56.2 Å². The number of benzene rings is 1. The summed E-state index contributed by atoms with van der Waals surface area (Å²) in [4.78, 5) is 7.30. The van der Waals surface area contributed by atoms with Crippen LogP contribution in [0, 0.1) is 0 Å². The Morgan fingerprint density at radius 3 is 2.64 bits per heavy atom. The zero-order chi connectivity index (χ0) is 18.1. The van der Waals surface area contributed by atoms with Gasteiger partial charge in [-0.15, -0.1) is 0 Å². The van der Waals surface area contributed by atoms with Crippen molar-refractivity contribution in [2.75, 3.05) is 33.3 Å². The van der Waals surface area contributed by atoms with Gasteiger partial charge in [0.25, 0.3) is 0 Å². The first-order valence-corrected chi connectivity index (χ1v) is 9.54. The number of nitrogens with zero attached hydrogens (tertiary/aromatic N) is 2. The van der Waals surface area contributed by atoms with Gasteiger partial charge < -0.3 is 20.3 Å². The summed E-state index contributed by atoms with van der Waals surface area (Å²) < 4.78 is 5.42. The normalized spacial score (nSPS) is 16.9. The molecule has 5 nitrogen and oxygen atoms in total. The van der Waals surface area contributed by atoms with Gasteiger partial charge in [0.2, 0.25) is 0 Å². The molecule has 1 aromatic carbocycles. The lowest BCUT2D eigenvalue weighted by Gasteiger charge is -2.35. The van der Waals surface area contributed by atoms with E-state index in [4.69, 9.17) is 9.73 Å². The van der Waals surface area contributed by atoms with Gasteiger partial charge in [0.1, 0.15) is 5.75 Å². The monoisotopic (exact) mass is 346 g/mol. The molecular formula is C20H34N4O. The fourth-order valence-electron chi connectivity index (χ4n) is 3.27. The molecular weight excluding hydrogens is 312 g/mol. The van der Waals surface area contributed by atoms with Gasteiger partial charge in [0.15, 0.2) is 5.96 Å². The Kier molecular flexibility index (Phi) is 8.06. The smallest absolute Gasteiger partial charge is 0.191 e. The highest BCUT2D eigenvalue weighted by Gasteiger charge is 2.21. The zero-order valence-electron chi connectivity index (χ0n) is 16.2. The molecule has 2 rings (SSSR count). The number of piperidine rings is 1. The van der Waals surface area contributed by atoms with Crippen molar-refractivity contribution in [3.8, 4) is 5.75 Å². The highest BCUT2D eigenvalue weighted by molar-refractivity contribution is 5.80. The predicted molar refractivity (Wildman–Crippen MR) is 106 cm³/mol. The van der Waals surface area contributed by atoms with Gasteiger partial charge in [0, 0.05) is 38.3 Å². The Morgan fingerprint density at radius 2 is 2.00 bits per heavy atom. The molecule has 1 aliphatic rings. The molecule has 0 bridgehead atoms. The number of aliphatic imine (C=N–C) groups is 1. The Hall–Kier alpha value is -1.75. The fraction of sp³-hybridized carbons (Fsp3) is 0.650. The van der Waals surface area contributed by atoms with E-state index < -0.39 is 0 Å². The van der Waals surface area contributed by atoms with Crippen molar-refractivity contribution >= 4 is 5.96 Å². The molecule has 0 radical (unpaired) electrons. The topological polar surface area (TPSA) is 48.9 Å². The van der Waals surface area contributed by atoms with Crippen molar-refractivity contribution in [1.82, 2.24) is 15.5 Å². The minimum absolute atomic E-state index is 0.513. The molecule has 0 aliphatic carbocycles. The third kappa shape index (κ3) is 6.24. The summed E-state index contributed by atoms with van der Waals surface area (Å²) in [7, 11) is 1.72. The van der Waals surface area contributed by atoms with Crippen molar-refractivity contribution in [3.63, 3.8) is 0 Å². The molecule has 0 spiro atoms. The van der Waals surface area contributed by atoms with Crippen molar-refractivity contribution < 1.29 is 4.74 Å². The standard InChI is InChI=1S/C20H34N4O/c1-5-21-20(23-18-11-14-24(15-12-18)16(2)3)22-13-10-17-8-6-7-9-19(17)25-4/h6-9,16,18H,5,10-15H2,1-4H3,(H2,21,22,23). The molecule has 1 saturated heterocycles. The van der Waals surface area contributed by atoms with E-state index in [9.17, 15) is 0 Å². The van der Waals surface area contributed by atoms with Crippen LogP contribution in [0.25, 0.3) is 0 Å². The molecule has 0 atom stereocenters. The van der Waals surface area contributed by atoms with Crippen LogP contribution >= 0.6 is 0 Å². The van der Waals surface area contributed by atoms with Crippen LogP contribution in [0.5, 0.6) is 5.75 Å². The van der Waals surface area contributed by atoms with E-state index in [-0.39, 0.29) is 0 Å². The molecule has 25 heavy (non-hydrogen) atoms. The number of methoxy groups -OCH3 is 1. The lowest BCUT2D eigenvalue weighted by atomic mass is 10.0. The molecule has 1 heterocycles. The minimum atomic E-state index is 0.513. The first-order chi connectivity index (χ1) is 12.1. The summed E-state index contributed by atoms with van der Waals surface area (Å²) in [5.74, 6) is 1.87. The number of para-hydroxylation sites is 1. The molecule has 0 saturated carbocycles. The Bertz CT molecular complexity index is 536. The van der Waals surface area contributed by atoms with Crippen molar-refractivity contribution in [3.05, 3.63) is 29.8 Å². The van der Waals surface area contributed by atoms with Crippen LogP contribution in [0.3, 0.4) is 0 Å². The van der Waals surface area contributed by atoms with Gasteiger partial charge in [-0.05, 0) is 51.7 Å². The highest BCUT2D eigenvalue weighted by atomic mass is 16.5. The van der Waals surface area contributed by atoms with Crippen LogP contribution in [0.1, 0.15) is 39.2 Å². The van der Waals surface area contributed by atoms with Crippen LogP contribution in [-0.2, 0) is 6.42 Å². The van der Waals surface area contributed by atoms with Gasteiger partial charge in [-0.1, -0.05) is 18.2 Å². The largest absolute Gasteiger partial charge is 0.496 e. The van der Waals surface area contributed by atoms with Gasteiger partial charge >= 0.3 is 0 Å². The van der Waals surface area contributed by atoms with Crippen LogP contribution in [0.2, 0.25) is 0 Å². The van der Waals surface area contributed by atoms with E-state index in [1.165, 1.54) is 18.4 Å². The third-order valence-electron chi connectivity index (χ3n) is 4.79. The number of rotatable bonds is 7. The molecule has 0 amide bonds. The summed E-state index contributed by atoms with van der Waals surface area (Å²) >= 11 is 0. The Morgan fingerprint density at radius 1 is 1.28 bits per heavy atom. The second-order valence-electron chi connectivity index (χ2n) is 6.87. The molecule has 140 valence electrons. The average Bonchev–Trinajstić information content (AvgIpc) is 2.62. The Balaban J connectivity index is 1.86. The van der Waals surface area contributed by atoms with E-state index in [1.54, 1.807) is 7.11 Å². The summed E-state index contributed by atoms with van der Waals surface area (Å²) in [5, 5.41) is 6.98. The number of guanidine groups is 1. The maximum atomic E-state index is 5.42. The Labute approximate surface area is 152 Å². The lowest BCUT2D eigenvalue weighted by Crippen LogP contribution is -2.49. The molecule has 0 unspecified atom stereocenters. The lowest BCUT2D eigenvalue weighted by molar-refractivity contribution is 0.167. The van der Waals surface area contributed by atoms with E-state index in [2.05, 4.69) is 42.4 Å². The zero-order valence-corrected chi connectivity index (χ0v) is 16.2. The maximum Gasteiger partial charge on any atom is 0.191 e. The van der Waals surface area contributed by atoms with Gasteiger partial charge in [-0.3, -0.25) is 4.99 Å². The first-order valence-electron chi connectivity index (χ1n) is 9.54. The quantitative estimate of drug-likeness (QED) is 0.589. The average molecular weight is 347 g/mol. The fourth-order valence-corrected chi connectivity index (χ4v) is 3.27. The number of likely N-dealkylation sites (tertiary alicyclic amines) is 1. The van der Waals surface area contributed by atoms with Crippen LogP contribution < -0.4 is 15.4 Å². The van der Waals surface area contributed by atoms with E-state index >= 15 is 0 Å². The molecule has 1 aromatic rings. The highest BCUT2D eigenvalue weighted by Crippen LogP contribution is 2.17. The van der Waals surface area contributed by atoms with Crippen LogP contribution in [0.15, 0.2) is 29.3 Å². The second-order valence-corrected chi connectivity index (χ2v) is 6.87. The van der Waals surface area contributed by atoms with E-state index in [0.717, 1.165) is 44.3 Å². The SMILES string of the molecule is CCNC(=NCCc1ccccc1OC)NC1CCN(C(C)C)CC1. The summed E-state index contributed by atoms with van der Waals surface area (Å²) in [6.07, 6.45) is 3.23. The molecule has 5 heteroatoms. The van der Waals surface area contributed by atoms with Gasteiger partial charge in [0.05, 0.1) is 7.11 Å².